The van der Waals surface area contributed by atoms with Crippen LogP contribution < -0.4 is 5.32 Å². The Hall–Kier alpha value is -0.540. The molecule has 3 rings (SSSR count). The van der Waals surface area contributed by atoms with E-state index in [1.54, 1.807) is 0 Å². The fourth-order valence-electron chi connectivity index (χ4n) is 3.39. The summed E-state index contributed by atoms with van der Waals surface area (Å²) >= 11 is 3.61. The molecule has 0 bridgehead atoms. The summed E-state index contributed by atoms with van der Waals surface area (Å²) in [6.45, 7) is 3.25. The monoisotopic (exact) mass is 309 g/mol. The summed E-state index contributed by atoms with van der Waals surface area (Å²) in [4.78, 5) is 0. The quantitative estimate of drug-likeness (QED) is 0.830. The first-order chi connectivity index (χ1) is 8.62. The molecule has 2 nitrogen and oxygen atoms in total. The van der Waals surface area contributed by atoms with E-state index in [1.165, 1.54) is 30.4 Å². The lowest BCUT2D eigenvalue weighted by molar-refractivity contribution is 0.391. The lowest BCUT2D eigenvalue weighted by atomic mass is 9.83. The van der Waals surface area contributed by atoms with Gasteiger partial charge < -0.3 is 10.4 Å². The molecule has 18 heavy (non-hydrogen) atoms. The van der Waals surface area contributed by atoms with Gasteiger partial charge in [0, 0.05) is 11.1 Å². The van der Waals surface area contributed by atoms with Crippen molar-refractivity contribution in [3.05, 3.63) is 27.2 Å². The van der Waals surface area contributed by atoms with Crippen molar-refractivity contribution in [1.82, 2.24) is 5.32 Å². The number of phenols is 1. The molecule has 3 heteroatoms. The van der Waals surface area contributed by atoms with Gasteiger partial charge >= 0.3 is 0 Å². The predicted octanol–water partition coefficient (Wildman–Crippen LogP) is 3.63. The highest BCUT2D eigenvalue weighted by Gasteiger charge is 2.34. The maximum atomic E-state index is 10.5. The van der Waals surface area contributed by atoms with Crippen LogP contribution in [0.25, 0.3) is 0 Å². The molecule has 2 aliphatic rings. The first kappa shape index (κ1) is 12.5. The summed E-state index contributed by atoms with van der Waals surface area (Å²) in [6, 6.07) is 2.24. The summed E-state index contributed by atoms with van der Waals surface area (Å²) < 4.78 is 0.935. The maximum absolute atomic E-state index is 10.5. The molecule has 1 aromatic rings. The normalized spacial score (nSPS) is 27.2. The molecule has 98 valence electrons. The molecular weight excluding hydrogens is 290 g/mol. The summed E-state index contributed by atoms with van der Waals surface area (Å²) in [7, 11) is 0. The smallest absolute Gasteiger partial charge is 0.135 e. The van der Waals surface area contributed by atoms with E-state index in [-0.39, 0.29) is 5.54 Å². The number of phenolic OH excluding ortho intramolecular Hbond substituents is 1. The van der Waals surface area contributed by atoms with Crippen LogP contribution in [0.5, 0.6) is 5.75 Å². The van der Waals surface area contributed by atoms with Crippen LogP contribution in [-0.4, -0.2) is 11.7 Å². The fourth-order valence-corrected chi connectivity index (χ4v) is 4.05. The van der Waals surface area contributed by atoms with Gasteiger partial charge in [0.15, 0.2) is 0 Å². The summed E-state index contributed by atoms with van der Waals surface area (Å²) in [5.41, 5.74) is 3.77. The number of hydrogen-bond donors (Lipinski definition) is 2. The lowest BCUT2D eigenvalue weighted by Gasteiger charge is -2.29. The summed E-state index contributed by atoms with van der Waals surface area (Å²) in [5, 5.41) is 14.0. The first-order valence-electron chi connectivity index (χ1n) is 6.90. The molecule has 1 saturated heterocycles. The van der Waals surface area contributed by atoms with Crippen LogP contribution in [0.2, 0.25) is 0 Å². The lowest BCUT2D eigenvalue weighted by Crippen LogP contribution is -2.33. The van der Waals surface area contributed by atoms with Gasteiger partial charge in [0.2, 0.25) is 0 Å². The number of aryl methyl sites for hydroxylation is 1. The van der Waals surface area contributed by atoms with Crippen molar-refractivity contribution in [1.29, 1.82) is 0 Å². The molecule has 0 saturated carbocycles. The predicted molar refractivity (Wildman–Crippen MR) is 77.0 cm³/mol. The van der Waals surface area contributed by atoms with Gasteiger partial charge in [-0.1, -0.05) is 0 Å². The number of fused-ring (bicyclic) bond motifs is 1. The van der Waals surface area contributed by atoms with Crippen molar-refractivity contribution in [2.24, 2.45) is 0 Å². The van der Waals surface area contributed by atoms with Crippen molar-refractivity contribution >= 4 is 15.9 Å². The van der Waals surface area contributed by atoms with Crippen molar-refractivity contribution in [2.45, 2.75) is 51.0 Å². The number of rotatable bonds is 1. The van der Waals surface area contributed by atoms with E-state index in [0.29, 0.717) is 5.75 Å². The zero-order valence-electron chi connectivity index (χ0n) is 10.9. The SMILES string of the molecule is CC1(c2cc3c(c(Br)c2O)CCCC3)CCCN1. The average Bonchev–Trinajstić information content (AvgIpc) is 2.82. The molecular formula is C15H20BrNO. The number of halogens is 1. The second kappa shape index (κ2) is 4.53. The van der Waals surface area contributed by atoms with Crippen molar-refractivity contribution in [3.8, 4) is 5.75 Å². The van der Waals surface area contributed by atoms with Gasteiger partial charge in [0.25, 0.3) is 0 Å². The molecule has 1 atom stereocenters. The minimum atomic E-state index is -0.0565. The standard InChI is InChI=1S/C15H20BrNO/c1-15(7-4-8-17-15)12-9-10-5-2-3-6-11(10)13(16)14(12)18/h9,17-18H,2-8H2,1H3. The Labute approximate surface area is 117 Å². The molecule has 0 aromatic heterocycles. The van der Waals surface area contributed by atoms with E-state index in [4.69, 9.17) is 0 Å². The van der Waals surface area contributed by atoms with E-state index in [2.05, 4.69) is 34.2 Å². The highest BCUT2D eigenvalue weighted by atomic mass is 79.9. The van der Waals surface area contributed by atoms with E-state index >= 15 is 0 Å². The van der Waals surface area contributed by atoms with E-state index in [0.717, 1.165) is 35.8 Å². The third-order valence-corrected chi connectivity index (χ3v) is 5.37. The minimum absolute atomic E-state index is 0.0565. The molecule has 1 aliphatic carbocycles. The fraction of sp³-hybridized carbons (Fsp3) is 0.600. The Morgan fingerprint density at radius 2 is 2.06 bits per heavy atom. The Morgan fingerprint density at radius 1 is 1.28 bits per heavy atom. The van der Waals surface area contributed by atoms with Gasteiger partial charge in [0.1, 0.15) is 5.75 Å². The molecule has 1 unspecified atom stereocenters. The van der Waals surface area contributed by atoms with Gasteiger partial charge in [-0.05, 0) is 85.1 Å². The van der Waals surface area contributed by atoms with Gasteiger partial charge in [-0.15, -0.1) is 0 Å². The molecule has 1 aliphatic heterocycles. The molecule has 0 amide bonds. The van der Waals surface area contributed by atoms with Crippen LogP contribution in [0.3, 0.4) is 0 Å². The molecule has 1 heterocycles. The molecule has 0 radical (unpaired) electrons. The molecule has 0 spiro atoms. The van der Waals surface area contributed by atoms with Crippen LogP contribution >= 0.6 is 15.9 Å². The van der Waals surface area contributed by atoms with Crippen LogP contribution in [0.4, 0.5) is 0 Å². The third-order valence-electron chi connectivity index (χ3n) is 4.52. The molecule has 2 N–H and O–H groups in total. The number of hydrogen-bond acceptors (Lipinski definition) is 2. The Bertz CT molecular complexity index is 478. The summed E-state index contributed by atoms with van der Waals surface area (Å²) in [6.07, 6.45) is 7.04. The highest BCUT2D eigenvalue weighted by Crippen LogP contribution is 2.44. The minimum Gasteiger partial charge on any atom is -0.506 e. The molecule has 1 aromatic carbocycles. The third kappa shape index (κ3) is 1.88. The maximum Gasteiger partial charge on any atom is 0.135 e. The topological polar surface area (TPSA) is 32.3 Å². The van der Waals surface area contributed by atoms with E-state index in [1.807, 2.05) is 0 Å². The number of benzene rings is 1. The second-order valence-electron chi connectivity index (χ2n) is 5.79. The Morgan fingerprint density at radius 3 is 2.78 bits per heavy atom. The van der Waals surface area contributed by atoms with E-state index in [9.17, 15) is 5.11 Å². The van der Waals surface area contributed by atoms with Crippen molar-refractivity contribution in [3.63, 3.8) is 0 Å². The van der Waals surface area contributed by atoms with Crippen LogP contribution in [0.15, 0.2) is 10.5 Å². The van der Waals surface area contributed by atoms with Gasteiger partial charge in [-0.2, -0.15) is 0 Å². The van der Waals surface area contributed by atoms with Gasteiger partial charge in [0.05, 0.1) is 4.47 Å². The first-order valence-corrected chi connectivity index (χ1v) is 7.70. The van der Waals surface area contributed by atoms with Crippen molar-refractivity contribution < 1.29 is 5.11 Å². The largest absolute Gasteiger partial charge is 0.506 e. The van der Waals surface area contributed by atoms with Crippen LogP contribution in [0, 0.1) is 0 Å². The van der Waals surface area contributed by atoms with E-state index < -0.39 is 0 Å². The zero-order valence-corrected chi connectivity index (χ0v) is 12.4. The highest BCUT2D eigenvalue weighted by molar-refractivity contribution is 9.10. The second-order valence-corrected chi connectivity index (χ2v) is 6.59. The number of aromatic hydroxyl groups is 1. The Balaban J connectivity index is 2.13. The van der Waals surface area contributed by atoms with Crippen LogP contribution in [0.1, 0.15) is 49.3 Å². The van der Waals surface area contributed by atoms with Gasteiger partial charge in [-0.3, -0.25) is 0 Å². The number of nitrogens with one attached hydrogen (secondary N) is 1. The van der Waals surface area contributed by atoms with Crippen LogP contribution in [-0.2, 0) is 18.4 Å². The molecule has 1 fully saturated rings. The average molecular weight is 310 g/mol. The summed E-state index contributed by atoms with van der Waals surface area (Å²) in [5.74, 6) is 0.451. The van der Waals surface area contributed by atoms with Crippen molar-refractivity contribution in [2.75, 3.05) is 6.54 Å². The zero-order chi connectivity index (χ0) is 12.8. The van der Waals surface area contributed by atoms with Gasteiger partial charge in [-0.25, -0.2) is 0 Å². The Kier molecular flexibility index (Phi) is 3.15.